The van der Waals surface area contributed by atoms with E-state index in [0.29, 0.717) is 43.4 Å². The van der Waals surface area contributed by atoms with Crippen LogP contribution in [0.2, 0.25) is 0 Å². The maximum atomic E-state index is 12.3. The molecule has 1 aliphatic heterocycles. The maximum absolute atomic E-state index is 12.3. The van der Waals surface area contributed by atoms with Crippen LogP contribution in [0, 0.1) is 13.8 Å². The number of carbonyl (C=O) groups excluding carboxylic acids is 1. The molecule has 1 aliphatic rings. The minimum atomic E-state index is 0.0826. The predicted octanol–water partition coefficient (Wildman–Crippen LogP) is 2.49. The molecule has 3 aromatic rings. The fraction of sp³-hybridized carbons (Fsp3) is 0.412. The SMILES string of the molecule is Cc1noc(C)c1CCC(=O)N1CC(c2nc(-c3ccco3)no2)C1. The van der Waals surface area contributed by atoms with Gasteiger partial charge < -0.3 is 18.4 Å². The van der Waals surface area contributed by atoms with Gasteiger partial charge in [-0.1, -0.05) is 10.3 Å². The Labute approximate surface area is 143 Å². The van der Waals surface area contributed by atoms with E-state index in [0.717, 1.165) is 17.0 Å². The van der Waals surface area contributed by atoms with Gasteiger partial charge in [-0.3, -0.25) is 4.79 Å². The highest BCUT2D eigenvalue weighted by atomic mass is 16.5. The van der Waals surface area contributed by atoms with Crippen LogP contribution >= 0.6 is 0 Å². The number of nitrogens with zero attached hydrogens (tertiary/aromatic N) is 4. The van der Waals surface area contributed by atoms with E-state index >= 15 is 0 Å². The Hall–Kier alpha value is -2.90. The molecule has 1 amide bonds. The molecule has 1 fully saturated rings. The highest BCUT2D eigenvalue weighted by Crippen LogP contribution is 2.28. The van der Waals surface area contributed by atoms with E-state index in [1.807, 2.05) is 13.8 Å². The summed E-state index contributed by atoms with van der Waals surface area (Å²) in [6.45, 7) is 4.95. The summed E-state index contributed by atoms with van der Waals surface area (Å²) in [5.74, 6) is 2.52. The standard InChI is InChI=1S/C17H18N4O4/c1-10-13(11(2)24-19-10)5-6-15(22)21-8-12(9-21)17-18-16(20-25-17)14-4-3-7-23-14/h3-4,7,12H,5-6,8-9H2,1-2H3. The molecule has 0 aromatic carbocycles. The minimum absolute atomic E-state index is 0.0826. The van der Waals surface area contributed by atoms with Crippen LogP contribution in [0.4, 0.5) is 0 Å². The van der Waals surface area contributed by atoms with Gasteiger partial charge in [-0.2, -0.15) is 4.98 Å². The summed E-state index contributed by atoms with van der Waals surface area (Å²) < 4.78 is 15.7. The second-order valence-electron chi connectivity index (χ2n) is 6.23. The third-order valence-electron chi connectivity index (χ3n) is 4.54. The maximum Gasteiger partial charge on any atom is 0.238 e. The van der Waals surface area contributed by atoms with Crippen molar-refractivity contribution in [1.29, 1.82) is 0 Å². The molecule has 0 radical (unpaired) electrons. The van der Waals surface area contributed by atoms with Gasteiger partial charge in [0.25, 0.3) is 0 Å². The van der Waals surface area contributed by atoms with Crippen LogP contribution in [0.3, 0.4) is 0 Å². The average Bonchev–Trinajstić information content (AvgIpc) is 3.27. The Morgan fingerprint density at radius 2 is 2.12 bits per heavy atom. The zero-order valence-electron chi connectivity index (χ0n) is 14.1. The van der Waals surface area contributed by atoms with Crippen molar-refractivity contribution in [3.63, 3.8) is 0 Å². The van der Waals surface area contributed by atoms with Crippen molar-refractivity contribution >= 4 is 5.91 Å². The van der Waals surface area contributed by atoms with Crippen LogP contribution in [-0.2, 0) is 11.2 Å². The topological polar surface area (TPSA) is 98.4 Å². The van der Waals surface area contributed by atoms with Crippen LogP contribution in [0.25, 0.3) is 11.6 Å². The van der Waals surface area contributed by atoms with Gasteiger partial charge in [0.1, 0.15) is 5.76 Å². The first-order valence-electron chi connectivity index (χ1n) is 8.19. The number of aryl methyl sites for hydroxylation is 2. The van der Waals surface area contributed by atoms with Gasteiger partial charge in [-0.25, -0.2) is 0 Å². The van der Waals surface area contributed by atoms with Gasteiger partial charge >= 0.3 is 0 Å². The molecule has 4 heterocycles. The Morgan fingerprint density at radius 1 is 1.28 bits per heavy atom. The van der Waals surface area contributed by atoms with E-state index < -0.39 is 0 Å². The molecular weight excluding hydrogens is 324 g/mol. The normalized spacial score (nSPS) is 14.7. The van der Waals surface area contributed by atoms with E-state index in [-0.39, 0.29) is 11.8 Å². The van der Waals surface area contributed by atoms with Crippen LogP contribution in [-0.4, -0.2) is 39.2 Å². The molecule has 0 unspecified atom stereocenters. The van der Waals surface area contributed by atoms with Crippen molar-refractivity contribution in [1.82, 2.24) is 20.2 Å². The number of rotatable bonds is 5. The number of amides is 1. The number of furan rings is 1. The summed E-state index contributed by atoms with van der Waals surface area (Å²) in [5.41, 5.74) is 1.87. The summed E-state index contributed by atoms with van der Waals surface area (Å²) in [5, 5.41) is 7.83. The Kier molecular flexibility index (Phi) is 3.87. The fourth-order valence-corrected chi connectivity index (χ4v) is 2.99. The molecular formula is C17H18N4O4. The number of carbonyl (C=O) groups is 1. The highest BCUT2D eigenvalue weighted by Gasteiger charge is 2.35. The molecule has 8 nitrogen and oxygen atoms in total. The number of hydrogen-bond acceptors (Lipinski definition) is 7. The van der Waals surface area contributed by atoms with E-state index in [9.17, 15) is 4.79 Å². The lowest BCUT2D eigenvalue weighted by Crippen LogP contribution is -2.48. The summed E-state index contributed by atoms with van der Waals surface area (Å²) in [6.07, 6.45) is 2.65. The Bertz CT molecular complexity index is 855. The van der Waals surface area contributed by atoms with Crippen LogP contribution in [0.1, 0.15) is 35.2 Å². The third-order valence-corrected chi connectivity index (χ3v) is 4.54. The lowest BCUT2D eigenvalue weighted by atomic mass is 9.98. The fourth-order valence-electron chi connectivity index (χ4n) is 2.99. The van der Waals surface area contributed by atoms with Gasteiger partial charge in [-0.15, -0.1) is 0 Å². The summed E-state index contributed by atoms with van der Waals surface area (Å²) in [7, 11) is 0. The molecule has 0 saturated carbocycles. The van der Waals surface area contributed by atoms with Gasteiger partial charge in [0, 0.05) is 25.1 Å². The average molecular weight is 342 g/mol. The lowest BCUT2D eigenvalue weighted by molar-refractivity contribution is -0.135. The van der Waals surface area contributed by atoms with Gasteiger partial charge in [-0.05, 0) is 32.4 Å². The van der Waals surface area contributed by atoms with Crippen molar-refractivity contribution in [2.24, 2.45) is 0 Å². The number of likely N-dealkylation sites (tertiary alicyclic amines) is 1. The number of hydrogen-bond donors (Lipinski definition) is 0. The molecule has 3 aromatic heterocycles. The van der Waals surface area contributed by atoms with E-state index in [1.165, 1.54) is 0 Å². The van der Waals surface area contributed by atoms with Gasteiger partial charge in [0.2, 0.25) is 17.6 Å². The van der Waals surface area contributed by atoms with Gasteiger partial charge in [0.05, 0.1) is 17.9 Å². The van der Waals surface area contributed by atoms with Crippen molar-refractivity contribution in [2.75, 3.05) is 13.1 Å². The second-order valence-corrected chi connectivity index (χ2v) is 6.23. The van der Waals surface area contributed by atoms with Gasteiger partial charge in [0.15, 0.2) is 5.76 Å². The second kappa shape index (κ2) is 6.19. The first-order chi connectivity index (χ1) is 12.1. The quantitative estimate of drug-likeness (QED) is 0.702. The van der Waals surface area contributed by atoms with Crippen molar-refractivity contribution in [3.05, 3.63) is 41.3 Å². The molecule has 25 heavy (non-hydrogen) atoms. The molecule has 4 rings (SSSR count). The summed E-state index contributed by atoms with van der Waals surface area (Å²) >= 11 is 0. The summed E-state index contributed by atoms with van der Waals surface area (Å²) in [4.78, 5) is 18.5. The smallest absolute Gasteiger partial charge is 0.238 e. The van der Waals surface area contributed by atoms with Crippen molar-refractivity contribution in [2.45, 2.75) is 32.6 Å². The third kappa shape index (κ3) is 2.95. The molecule has 8 heteroatoms. The first kappa shape index (κ1) is 15.6. The van der Waals surface area contributed by atoms with E-state index in [2.05, 4.69) is 15.3 Å². The molecule has 0 bridgehead atoms. The molecule has 0 atom stereocenters. The van der Waals surface area contributed by atoms with Crippen LogP contribution in [0.15, 0.2) is 31.9 Å². The van der Waals surface area contributed by atoms with E-state index in [1.54, 1.807) is 23.3 Å². The highest BCUT2D eigenvalue weighted by molar-refractivity contribution is 5.77. The summed E-state index contributed by atoms with van der Waals surface area (Å²) in [6, 6.07) is 3.55. The van der Waals surface area contributed by atoms with Crippen LogP contribution in [0.5, 0.6) is 0 Å². The zero-order valence-corrected chi connectivity index (χ0v) is 14.1. The molecule has 0 N–H and O–H groups in total. The Morgan fingerprint density at radius 3 is 2.80 bits per heavy atom. The monoisotopic (exact) mass is 342 g/mol. The predicted molar refractivity (Wildman–Crippen MR) is 85.6 cm³/mol. The zero-order chi connectivity index (χ0) is 17.4. The largest absolute Gasteiger partial charge is 0.461 e. The van der Waals surface area contributed by atoms with Crippen molar-refractivity contribution in [3.8, 4) is 11.6 Å². The van der Waals surface area contributed by atoms with Crippen LogP contribution < -0.4 is 0 Å². The molecule has 0 aliphatic carbocycles. The molecule has 0 spiro atoms. The lowest BCUT2D eigenvalue weighted by Gasteiger charge is -2.37. The minimum Gasteiger partial charge on any atom is -0.461 e. The molecule has 130 valence electrons. The molecule has 1 saturated heterocycles. The number of aromatic nitrogens is 3. The van der Waals surface area contributed by atoms with E-state index in [4.69, 9.17) is 13.5 Å². The van der Waals surface area contributed by atoms with Crippen molar-refractivity contribution < 1.29 is 18.3 Å². The first-order valence-corrected chi connectivity index (χ1v) is 8.19. The Balaban J connectivity index is 1.30.